The van der Waals surface area contributed by atoms with E-state index in [9.17, 15) is 4.79 Å². The molecule has 1 aliphatic rings. The van der Waals surface area contributed by atoms with E-state index in [-0.39, 0.29) is 11.8 Å². The standard InChI is InChI=1S/C8H9Cl2N3OS2/c1-2-15-7-13-12-6(16-7)11-5(14)4-3-8(4,9)10/h4H,2-3H2,1H3,(H,11,12,14)/t4-/m0/s1. The summed E-state index contributed by atoms with van der Waals surface area (Å²) in [4.78, 5) is 11.6. The summed E-state index contributed by atoms with van der Waals surface area (Å²) in [6.07, 6.45) is 0.497. The number of alkyl halides is 2. The fourth-order valence-electron chi connectivity index (χ4n) is 1.13. The van der Waals surface area contributed by atoms with Crippen LogP contribution in [0.15, 0.2) is 4.34 Å². The first-order valence-electron chi connectivity index (χ1n) is 4.68. The van der Waals surface area contributed by atoms with E-state index in [1.54, 1.807) is 11.8 Å². The maximum atomic E-state index is 11.6. The molecule has 2 rings (SSSR count). The van der Waals surface area contributed by atoms with E-state index in [2.05, 4.69) is 15.5 Å². The van der Waals surface area contributed by atoms with Crippen LogP contribution in [0.2, 0.25) is 0 Å². The smallest absolute Gasteiger partial charge is 0.232 e. The first kappa shape index (κ1) is 12.4. The van der Waals surface area contributed by atoms with Crippen LogP contribution in [0.5, 0.6) is 0 Å². The first-order valence-corrected chi connectivity index (χ1v) is 7.23. The van der Waals surface area contributed by atoms with E-state index in [0.29, 0.717) is 11.6 Å². The van der Waals surface area contributed by atoms with Crippen molar-refractivity contribution in [1.29, 1.82) is 0 Å². The number of carbonyl (C=O) groups is 1. The molecule has 0 spiro atoms. The molecule has 1 amide bonds. The van der Waals surface area contributed by atoms with Crippen LogP contribution in [-0.4, -0.2) is 26.2 Å². The Morgan fingerprint density at radius 3 is 2.94 bits per heavy atom. The van der Waals surface area contributed by atoms with Gasteiger partial charge in [0.1, 0.15) is 4.33 Å². The van der Waals surface area contributed by atoms with Gasteiger partial charge < -0.3 is 5.32 Å². The maximum absolute atomic E-state index is 11.6. The molecule has 1 saturated carbocycles. The number of nitrogens with zero attached hydrogens (tertiary/aromatic N) is 2. The summed E-state index contributed by atoms with van der Waals surface area (Å²) in [5.41, 5.74) is 0. The molecule has 0 aliphatic heterocycles. The Bertz CT molecular complexity index is 410. The third-order valence-electron chi connectivity index (χ3n) is 2.05. The number of anilines is 1. The molecule has 4 nitrogen and oxygen atoms in total. The van der Waals surface area contributed by atoms with Gasteiger partial charge in [-0.1, -0.05) is 30.0 Å². The molecule has 1 atom stereocenters. The maximum Gasteiger partial charge on any atom is 0.232 e. The molecule has 16 heavy (non-hydrogen) atoms. The van der Waals surface area contributed by atoms with Crippen molar-refractivity contribution in [3.05, 3.63) is 0 Å². The molecule has 0 saturated heterocycles. The van der Waals surface area contributed by atoms with Gasteiger partial charge in [0.15, 0.2) is 4.34 Å². The number of amides is 1. The van der Waals surface area contributed by atoms with E-state index >= 15 is 0 Å². The number of aromatic nitrogens is 2. The van der Waals surface area contributed by atoms with Crippen molar-refractivity contribution in [3.8, 4) is 0 Å². The summed E-state index contributed by atoms with van der Waals surface area (Å²) in [6.45, 7) is 2.03. The number of hydrogen-bond donors (Lipinski definition) is 1. The van der Waals surface area contributed by atoms with E-state index in [1.165, 1.54) is 11.3 Å². The molecule has 0 bridgehead atoms. The van der Waals surface area contributed by atoms with Gasteiger partial charge in [0.25, 0.3) is 0 Å². The Balaban J connectivity index is 1.91. The Morgan fingerprint density at radius 2 is 2.38 bits per heavy atom. The molecular weight excluding hydrogens is 289 g/mol. The van der Waals surface area contributed by atoms with Crippen molar-refractivity contribution in [1.82, 2.24) is 10.2 Å². The van der Waals surface area contributed by atoms with Gasteiger partial charge in [-0.2, -0.15) is 0 Å². The molecule has 1 aromatic heterocycles. The number of carbonyl (C=O) groups excluding carboxylic acids is 1. The number of hydrogen-bond acceptors (Lipinski definition) is 5. The number of nitrogens with one attached hydrogen (secondary N) is 1. The SMILES string of the molecule is CCSc1nnc(NC(=O)[C@@H]2CC2(Cl)Cl)s1. The van der Waals surface area contributed by atoms with E-state index in [4.69, 9.17) is 23.2 Å². The second kappa shape index (κ2) is 4.68. The van der Waals surface area contributed by atoms with Crippen molar-refractivity contribution in [2.45, 2.75) is 22.0 Å². The van der Waals surface area contributed by atoms with Gasteiger partial charge >= 0.3 is 0 Å². The summed E-state index contributed by atoms with van der Waals surface area (Å²) < 4.78 is -0.0490. The highest BCUT2D eigenvalue weighted by molar-refractivity contribution is 8.01. The van der Waals surface area contributed by atoms with E-state index in [0.717, 1.165) is 10.1 Å². The average molecular weight is 298 g/mol. The van der Waals surface area contributed by atoms with Crippen LogP contribution in [0.25, 0.3) is 0 Å². The Morgan fingerprint density at radius 1 is 1.69 bits per heavy atom. The van der Waals surface area contributed by atoms with Crippen LogP contribution in [0.4, 0.5) is 5.13 Å². The van der Waals surface area contributed by atoms with Crippen LogP contribution in [0.3, 0.4) is 0 Å². The summed E-state index contributed by atoms with van der Waals surface area (Å²) in [5.74, 6) is 0.411. The van der Waals surface area contributed by atoms with Gasteiger partial charge in [-0.15, -0.1) is 33.4 Å². The zero-order valence-electron chi connectivity index (χ0n) is 8.37. The van der Waals surface area contributed by atoms with Gasteiger partial charge in [0.2, 0.25) is 11.0 Å². The van der Waals surface area contributed by atoms with Crippen LogP contribution >= 0.6 is 46.3 Å². The van der Waals surface area contributed by atoms with Crippen molar-refractivity contribution >= 4 is 57.3 Å². The second-order valence-electron chi connectivity index (χ2n) is 3.31. The first-order chi connectivity index (χ1) is 7.53. The highest BCUT2D eigenvalue weighted by Crippen LogP contribution is 2.53. The van der Waals surface area contributed by atoms with Gasteiger partial charge in [-0.05, 0) is 12.2 Å². The van der Waals surface area contributed by atoms with Gasteiger partial charge in [0.05, 0.1) is 5.92 Å². The third-order valence-corrected chi connectivity index (χ3v) is 4.74. The predicted octanol–water partition coefficient (Wildman–Crippen LogP) is 2.78. The van der Waals surface area contributed by atoms with Crippen LogP contribution in [0.1, 0.15) is 13.3 Å². The van der Waals surface area contributed by atoms with Crippen LogP contribution in [0, 0.1) is 5.92 Å². The number of rotatable bonds is 4. The van der Waals surface area contributed by atoms with Crippen LogP contribution in [-0.2, 0) is 4.79 Å². The molecule has 1 aromatic rings. The highest BCUT2D eigenvalue weighted by atomic mass is 35.5. The lowest BCUT2D eigenvalue weighted by atomic mass is 10.4. The minimum absolute atomic E-state index is 0.186. The second-order valence-corrected chi connectivity index (χ2v) is 7.34. The average Bonchev–Trinajstić information content (AvgIpc) is 2.64. The number of thioether (sulfide) groups is 1. The zero-order chi connectivity index (χ0) is 11.8. The molecule has 1 N–H and O–H groups in total. The topological polar surface area (TPSA) is 54.9 Å². The van der Waals surface area contributed by atoms with Crippen molar-refractivity contribution in [3.63, 3.8) is 0 Å². The molecule has 8 heteroatoms. The molecule has 1 aliphatic carbocycles. The van der Waals surface area contributed by atoms with Crippen molar-refractivity contribution in [2.75, 3.05) is 11.1 Å². The van der Waals surface area contributed by atoms with E-state index in [1.807, 2.05) is 6.92 Å². The highest BCUT2D eigenvalue weighted by Gasteiger charge is 2.56. The zero-order valence-corrected chi connectivity index (χ0v) is 11.5. The fraction of sp³-hybridized carbons (Fsp3) is 0.625. The Kier molecular flexibility index (Phi) is 3.63. The number of halogens is 2. The van der Waals surface area contributed by atoms with Crippen LogP contribution < -0.4 is 5.32 Å². The molecule has 1 fully saturated rings. The van der Waals surface area contributed by atoms with Gasteiger partial charge in [-0.3, -0.25) is 4.79 Å². The molecule has 88 valence electrons. The fourth-order valence-corrected chi connectivity index (χ4v) is 3.29. The Hall–Kier alpha value is -0.0400. The minimum Gasteiger partial charge on any atom is -0.300 e. The molecule has 1 heterocycles. The van der Waals surface area contributed by atoms with E-state index < -0.39 is 4.33 Å². The van der Waals surface area contributed by atoms with Crippen molar-refractivity contribution < 1.29 is 4.79 Å². The predicted molar refractivity (Wildman–Crippen MR) is 67.5 cm³/mol. The molecule has 0 unspecified atom stereocenters. The van der Waals surface area contributed by atoms with Crippen molar-refractivity contribution in [2.24, 2.45) is 5.92 Å². The quantitative estimate of drug-likeness (QED) is 0.527. The molecule has 0 aromatic carbocycles. The molecule has 0 radical (unpaired) electrons. The third kappa shape index (κ3) is 2.80. The minimum atomic E-state index is -0.893. The summed E-state index contributed by atoms with van der Waals surface area (Å²) in [7, 11) is 0. The monoisotopic (exact) mass is 297 g/mol. The largest absolute Gasteiger partial charge is 0.300 e. The Labute approximate surface area is 111 Å². The van der Waals surface area contributed by atoms with Gasteiger partial charge in [0, 0.05) is 0 Å². The molecular formula is C8H9Cl2N3OS2. The van der Waals surface area contributed by atoms with Gasteiger partial charge in [-0.25, -0.2) is 0 Å². The normalized spacial score (nSPS) is 21.8. The lowest BCUT2D eigenvalue weighted by Gasteiger charge is -1.99. The summed E-state index contributed by atoms with van der Waals surface area (Å²) >= 11 is 14.5. The lowest BCUT2D eigenvalue weighted by Crippen LogP contribution is -2.16. The summed E-state index contributed by atoms with van der Waals surface area (Å²) in [5, 5.41) is 10.9. The summed E-state index contributed by atoms with van der Waals surface area (Å²) in [6, 6.07) is 0. The lowest BCUT2D eigenvalue weighted by molar-refractivity contribution is -0.117.